The molecule has 37 heavy (non-hydrogen) atoms. The van der Waals surface area contributed by atoms with Crippen LogP contribution in [0.15, 0.2) is 90.4 Å². The molecule has 0 aliphatic carbocycles. The second kappa shape index (κ2) is 13.1. The van der Waals surface area contributed by atoms with Gasteiger partial charge in [-0.15, -0.1) is 0 Å². The van der Waals surface area contributed by atoms with Gasteiger partial charge in [0.25, 0.3) is 5.91 Å². The maximum atomic E-state index is 14.0. The first-order chi connectivity index (χ1) is 18.1. The van der Waals surface area contributed by atoms with Crippen LogP contribution in [-0.4, -0.2) is 39.9 Å². The lowest BCUT2D eigenvalue weighted by atomic mass is 9.92. The molecular formula is C28H28F2N6O. The Bertz CT molecular complexity index is 1300. The molecule has 0 saturated carbocycles. The monoisotopic (exact) mass is 502 g/mol. The van der Waals surface area contributed by atoms with E-state index in [1.165, 1.54) is 6.07 Å². The van der Waals surface area contributed by atoms with Gasteiger partial charge in [0, 0.05) is 42.7 Å². The van der Waals surface area contributed by atoms with E-state index in [9.17, 15) is 13.6 Å². The first-order valence-electron chi connectivity index (χ1n) is 12.1. The minimum Gasteiger partial charge on any atom is -0.356 e. The zero-order valence-corrected chi connectivity index (χ0v) is 20.2. The molecule has 0 bridgehead atoms. The molecule has 2 aromatic carbocycles. The van der Waals surface area contributed by atoms with Gasteiger partial charge in [-0.1, -0.05) is 30.3 Å². The molecule has 1 amide bonds. The van der Waals surface area contributed by atoms with Crippen molar-refractivity contribution in [2.24, 2.45) is 4.99 Å². The standard InChI is InChI=1S/C28H28F2N6O/c29-24-12-11-21(17-25(24)30)23(26-10-4-5-14-32-26)13-16-34-28(33-15-6-9-22-18-31-19-35-22)36-27(37)20-7-2-1-3-8-20/h1-5,7-8,10-12,14,17-19,23H,6,9,13,15-16H2,(H,31,35)(H2,33,34,36,37). The lowest BCUT2D eigenvalue weighted by Crippen LogP contribution is -2.41. The number of hydrogen-bond acceptors (Lipinski definition) is 4. The number of aryl methyl sites for hydroxylation is 1. The van der Waals surface area contributed by atoms with Gasteiger partial charge in [0.15, 0.2) is 17.6 Å². The van der Waals surface area contributed by atoms with Gasteiger partial charge in [0.2, 0.25) is 0 Å². The van der Waals surface area contributed by atoms with Gasteiger partial charge in [-0.3, -0.25) is 20.1 Å². The molecule has 4 aromatic rings. The first kappa shape index (κ1) is 25.7. The second-order valence-corrected chi connectivity index (χ2v) is 8.41. The highest BCUT2D eigenvalue weighted by atomic mass is 19.2. The molecule has 0 aliphatic rings. The van der Waals surface area contributed by atoms with Crippen LogP contribution >= 0.6 is 0 Å². The second-order valence-electron chi connectivity index (χ2n) is 8.41. The van der Waals surface area contributed by atoms with E-state index < -0.39 is 11.6 Å². The Hall–Kier alpha value is -4.40. The smallest absolute Gasteiger partial charge is 0.257 e. The number of carbonyl (C=O) groups is 1. The molecule has 190 valence electrons. The number of nitrogens with one attached hydrogen (secondary N) is 3. The maximum absolute atomic E-state index is 14.0. The Kier molecular flexibility index (Phi) is 9.07. The van der Waals surface area contributed by atoms with Crippen molar-refractivity contribution in [3.8, 4) is 0 Å². The molecule has 0 spiro atoms. The molecule has 0 aliphatic heterocycles. The van der Waals surface area contributed by atoms with Crippen molar-refractivity contribution in [3.63, 3.8) is 0 Å². The fraction of sp³-hybridized carbons (Fsp3) is 0.214. The van der Waals surface area contributed by atoms with E-state index in [1.807, 2.05) is 24.4 Å². The summed E-state index contributed by atoms with van der Waals surface area (Å²) in [4.78, 5) is 28.9. The molecule has 3 N–H and O–H groups in total. The quantitative estimate of drug-likeness (QED) is 0.168. The number of benzene rings is 2. The Balaban J connectivity index is 1.47. The average Bonchev–Trinajstić information content (AvgIpc) is 3.45. The van der Waals surface area contributed by atoms with Crippen LogP contribution in [0.2, 0.25) is 0 Å². The van der Waals surface area contributed by atoms with E-state index in [4.69, 9.17) is 0 Å². The van der Waals surface area contributed by atoms with Crippen molar-refractivity contribution in [1.82, 2.24) is 25.6 Å². The Morgan fingerprint density at radius 2 is 1.84 bits per heavy atom. The van der Waals surface area contributed by atoms with Crippen LogP contribution in [0.5, 0.6) is 0 Å². The molecule has 0 saturated heterocycles. The van der Waals surface area contributed by atoms with Gasteiger partial charge < -0.3 is 10.3 Å². The fourth-order valence-electron chi connectivity index (χ4n) is 3.91. The lowest BCUT2D eigenvalue weighted by molar-refractivity contribution is 0.0975. The van der Waals surface area contributed by atoms with E-state index in [1.54, 1.807) is 48.9 Å². The number of H-pyrrole nitrogens is 1. The summed E-state index contributed by atoms with van der Waals surface area (Å²) in [5.41, 5.74) is 2.81. The minimum atomic E-state index is -0.906. The zero-order chi connectivity index (χ0) is 25.9. The molecule has 0 radical (unpaired) electrons. The number of aliphatic imine (C=N–C) groups is 1. The van der Waals surface area contributed by atoms with Crippen LogP contribution in [0.4, 0.5) is 8.78 Å². The number of aromatic amines is 1. The van der Waals surface area contributed by atoms with Gasteiger partial charge in [-0.2, -0.15) is 0 Å². The van der Waals surface area contributed by atoms with Crippen molar-refractivity contribution < 1.29 is 13.6 Å². The van der Waals surface area contributed by atoms with Gasteiger partial charge in [0.05, 0.1) is 12.0 Å². The summed E-state index contributed by atoms with van der Waals surface area (Å²) in [6.07, 6.45) is 7.19. The van der Waals surface area contributed by atoms with Crippen LogP contribution < -0.4 is 10.6 Å². The molecule has 4 rings (SSSR count). The summed E-state index contributed by atoms with van der Waals surface area (Å²) in [6, 6.07) is 18.3. The van der Waals surface area contributed by atoms with Crippen molar-refractivity contribution in [2.75, 3.05) is 13.1 Å². The summed E-state index contributed by atoms with van der Waals surface area (Å²) >= 11 is 0. The summed E-state index contributed by atoms with van der Waals surface area (Å²) in [5.74, 6) is -2.03. The highest BCUT2D eigenvalue weighted by molar-refractivity contribution is 6.05. The van der Waals surface area contributed by atoms with Crippen molar-refractivity contribution in [2.45, 2.75) is 25.2 Å². The van der Waals surface area contributed by atoms with Crippen molar-refractivity contribution >= 4 is 11.9 Å². The molecule has 1 unspecified atom stereocenters. The SMILES string of the molecule is O=C(NC(=NCCC(c1ccc(F)c(F)c1)c1ccccn1)NCCCc1c[nH]cn1)c1ccccc1. The minimum absolute atomic E-state index is 0.277. The van der Waals surface area contributed by atoms with Gasteiger partial charge in [-0.05, 0) is 61.2 Å². The summed E-state index contributed by atoms with van der Waals surface area (Å²) in [6.45, 7) is 0.893. The Morgan fingerprint density at radius 1 is 1.00 bits per heavy atom. The van der Waals surface area contributed by atoms with Crippen LogP contribution in [0.25, 0.3) is 0 Å². The third-order valence-corrected chi connectivity index (χ3v) is 5.80. The molecule has 2 aromatic heterocycles. The Morgan fingerprint density at radius 3 is 2.57 bits per heavy atom. The molecular weight excluding hydrogens is 474 g/mol. The third-order valence-electron chi connectivity index (χ3n) is 5.80. The topological polar surface area (TPSA) is 95.1 Å². The van der Waals surface area contributed by atoms with Gasteiger partial charge >= 0.3 is 0 Å². The molecule has 9 heteroatoms. The zero-order valence-electron chi connectivity index (χ0n) is 20.2. The van der Waals surface area contributed by atoms with Crippen molar-refractivity contribution in [1.29, 1.82) is 0 Å². The lowest BCUT2D eigenvalue weighted by Gasteiger charge is -2.17. The third kappa shape index (κ3) is 7.54. The van der Waals surface area contributed by atoms with E-state index in [0.29, 0.717) is 36.6 Å². The van der Waals surface area contributed by atoms with E-state index >= 15 is 0 Å². The number of halogens is 2. The Labute approximate surface area is 214 Å². The normalized spacial score (nSPS) is 12.2. The number of imidazole rings is 1. The number of nitrogens with zero attached hydrogens (tertiary/aromatic N) is 3. The predicted molar refractivity (Wildman–Crippen MR) is 138 cm³/mol. The van der Waals surface area contributed by atoms with Crippen LogP contribution in [0.3, 0.4) is 0 Å². The molecule has 2 heterocycles. The van der Waals surface area contributed by atoms with E-state index in [-0.39, 0.29) is 11.8 Å². The van der Waals surface area contributed by atoms with E-state index in [0.717, 1.165) is 30.3 Å². The number of carbonyl (C=O) groups excluding carboxylic acids is 1. The maximum Gasteiger partial charge on any atom is 0.257 e. The number of hydrogen-bond donors (Lipinski definition) is 3. The number of guanidine groups is 1. The number of aromatic nitrogens is 3. The summed E-state index contributed by atoms with van der Waals surface area (Å²) < 4.78 is 27.6. The summed E-state index contributed by atoms with van der Waals surface area (Å²) in [7, 11) is 0. The first-order valence-corrected chi connectivity index (χ1v) is 12.1. The average molecular weight is 503 g/mol. The van der Waals surface area contributed by atoms with Crippen LogP contribution in [0, 0.1) is 11.6 Å². The molecule has 7 nitrogen and oxygen atoms in total. The predicted octanol–water partition coefficient (Wildman–Crippen LogP) is 4.61. The van der Waals surface area contributed by atoms with E-state index in [2.05, 4.69) is 30.6 Å². The fourth-order valence-corrected chi connectivity index (χ4v) is 3.91. The number of amides is 1. The highest BCUT2D eigenvalue weighted by Crippen LogP contribution is 2.27. The van der Waals surface area contributed by atoms with Gasteiger partial charge in [0.1, 0.15) is 0 Å². The summed E-state index contributed by atoms with van der Waals surface area (Å²) in [5, 5.41) is 6.06. The highest BCUT2D eigenvalue weighted by Gasteiger charge is 2.18. The molecule has 1 atom stereocenters. The number of rotatable bonds is 10. The van der Waals surface area contributed by atoms with Crippen LogP contribution in [0.1, 0.15) is 46.1 Å². The van der Waals surface area contributed by atoms with Gasteiger partial charge in [-0.25, -0.2) is 13.8 Å². The number of pyridine rings is 1. The van der Waals surface area contributed by atoms with Crippen molar-refractivity contribution in [3.05, 3.63) is 120 Å². The molecule has 0 fully saturated rings. The largest absolute Gasteiger partial charge is 0.356 e. The van der Waals surface area contributed by atoms with Crippen LogP contribution in [-0.2, 0) is 6.42 Å².